The molecule has 4 nitrogen and oxygen atoms in total. The van der Waals surface area contributed by atoms with Crippen LogP contribution in [0.25, 0.3) is 0 Å². The first-order chi connectivity index (χ1) is 10.7. The summed E-state index contributed by atoms with van der Waals surface area (Å²) >= 11 is 0. The molecule has 1 saturated heterocycles. The first-order valence-corrected chi connectivity index (χ1v) is 7.39. The van der Waals surface area contributed by atoms with Crippen LogP contribution in [-0.4, -0.2) is 22.9 Å². The molecule has 1 aliphatic heterocycles. The highest BCUT2D eigenvalue weighted by Crippen LogP contribution is 2.28. The van der Waals surface area contributed by atoms with Gasteiger partial charge in [-0.1, -0.05) is 60.7 Å². The van der Waals surface area contributed by atoms with Crippen molar-refractivity contribution in [3.05, 3.63) is 71.8 Å². The summed E-state index contributed by atoms with van der Waals surface area (Å²) in [6, 6.07) is 18.5. The van der Waals surface area contributed by atoms with Crippen molar-refractivity contribution in [2.45, 2.75) is 25.4 Å². The highest BCUT2D eigenvalue weighted by Gasteiger charge is 2.41. The van der Waals surface area contributed by atoms with Gasteiger partial charge in [0.25, 0.3) is 5.91 Å². The first kappa shape index (κ1) is 14.3. The smallest absolute Gasteiger partial charge is 0.305 e. The lowest BCUT2D eigenvalue weighted by Crippen LogP contribution is -2.39. The molecule has 2 aromatic rings. The normalized spacial score (nSPS) is 19.1. The monoisotopic (exact) mass is 294 g/mol. The van der Waals surface area contributed by atoms with Crippen LogP contribution in [0.3, 0.4) is 0 Å². The Morgan fingerprint density at radius 2 is 1.59 bits per heavy atom. The minimum Gasteiger partial charge on any atom is -0.305 e. The number of imide groups is 1. The Bertz CT molecular complexity index is 670. The highest BCUT2D eigenvalue weighted by atomic mass is 16.2. The lowest BCUT2D eigenvalue weighted by atomic mass is 10.0. The van der Waals surface area contributed by atoms with Crippen LogP contribution < -0.4 is 5.32 Å². The van der Waals surface area contributed by atoms with E-state index in [1.165, 1.54) is 0 Å². The summed E-state index contributed by atoms with van der Waals surface area (Å²) < 4.78 is 0. The van der Waals surface area contributed by atoms with Gasteiger partial charge >= 0.3 is 6.03 Å². The van der Waals surface area contributed by atoms with Gasteiger partial charge < -0.3 is 4.90 Å². The lowest BCUT2D eigenvalue weighted by molar-refractivity contribution is -0.121. The SMILES string of the molecule is C[C@@H](Cc1ccccc1)N1C(=O)NC(=O)[C@@H]1c1ccccc1. The Hall–Kier alpha value is -2.62. The second-order valence-corrected chi connectivity index (χ2v) is 5.55. The topological polar surface area (TPSA) is 49.4 Å². The van der Waals surface area contributed by atoms with E-state index in [9.17, 15) is 9.59 Å². The van der Waals surface area contributed by atoms with Crippen LogP contribution in [0.2, 0.25) is 0 Å². The zero-order valence-corrected chi connectivity index (χ0v) is 12.4. The molecule has 3 amide bonds. The van der Waals surface area contributed by atoms with Crippen LogP contribution >= 0.6 is 0 Å². The van der Waals surface area contributed by atoms with Crippen molar-refractivity contribution in [2.75, 3.05) is 0 Å². The van der Waals surface area contributed by atoms with Gasteiger partial charge in [-0.15, -0.1) is 0 Å². The van der Waals surface area contributed by atoms with Crippen molar-refractivity contribution < 1.29 is 9.59 Å². The molecule has 1 fully saturated rings. The maximum Gasteiger partial charge on any atom is 0.325 e. The molecular formula is C18H18N2O2. The molecule has 112 valence electrons. The van der Waals surface area contributed by atoms with Gasteiger partial charge in [0.1, 0.15) is 6.04 Å². The number of amides is 3. The van der Waals surface area contributed by atoms with E-state index in [4.69, 9.17) is 0 Å². The number of urea groups is 1. The van der Waals surface area contributed by atoms with Gasteiger partial charge in [0, 0.05) is 6.04 Å². The molecule has 2 atom stereocenters. The molecule has 0 saturated carbocycles. The van der Waals surface area contributed by atoms with E-state index in [0.717, 1.165) is 11.1 Å². The van der Waals surface area contributed by atoms with E-state index in [1.807, 2.05) is 67.6 Å². The second-order valence-electron chi connectivity index (χ2n) is 5.55. The molecule has 2 aromatic carbocycles. The number of hydrogen-bond acceptors (Lipinski definition) is 2. The molecule has 1 aliphatic rings. The van der Waals surface area contributed by atoms with Crippen molar-refractivity contribution in [1.82, 2.24) is 10.2 Å². The molecule has 22 heavy (non-hydrogen) atoms. The maximum atomic E-state index is 12.2. The van der Waals surface area contributed by atoms with Crippen molar-refractivity contribution >= 4 is 11.9 Å². The van der Waals surface area contributed by atoms with Crippen LogP contribution in [0.1, 0.15) is 24.1 Å². The summed E-state index contributed by atoms with van der Waals surface area (Å²) in [5.41, 5.74) is 1.99. The van der Waals surface area contributed by atoms with Gasteiger partial charge in [0.15, 0.2) is 0 Å². The van der Waals surface area contributed by atoms with Gasteiger partial charge in [-0.2, -0.15) is 0 Å². The number of rotatable bonds is 4. The summed E-state index contributed by atoms with van der Waals surface area (Å²) in [4.78, 5) is 26.0. The molecule has 0 unspecified atom stereocenters. The maximum absolute atomic E-state index is 12.2. The van der Waals surface area contributed by atoms with Gasteiger partial charge in [-0.25, -0.2) is 4.79 Å². The first-order valence-electron chi connectivity index (χ1n) is 7.39. The lowest BCUT2D eigenvalue weighted by Gasteiger charge is -2.28. The van der Waals surface area contributed by atoms with Crippen molar-refractivity contribution in [3.63, 3.8) is 0 Å². The van der Waals surface area contributed by atoms with Gasteiger partial charge in [-0.3, -0.25) is 10.1 Å². The molecule has 0 aromatic heterocycles. The van der Waals surface area contributed by atoms with Crippen LogP contribution in [0.15, 0.2) is 60.7 Å². The van der Waals surface area contributed by atoms with Gasteiger partial charge in [0.05, 0.1) is 0 Å². The third kappa shape index (κ3) is 2.72. The summed E-state index contributed by atoms with van der Waals surface area (Å²) in [5, 5.41) is 2.43. The quantitative estimate of drug-likeness (QED) is 0.881. The number of carbonyl (C=O) groups excluding carboxylic acids is 2. The Kier molecular flexibility index (Phi) is 3.92. The molecular weight excluding hydrogens is 276 g/mol. The van der Waals surface area contributed by atoms with Crippen LogP contribution in [0.5, 0.6) is 0 Å². The van der Waals surface area contributed by atoms with E-state index in [1.54, 1.807) is 4.90 Å². The predicted molar refractivity (Wildman–Crippen MR) is 84.2 cm³/mol. The number of carbonyl (C=O) groups is 2. The van der Waals surface area contributed by atoms with E-state index >= 15 is 0 Å². The van der Waals surface area contributed by atoms with Gasteiger partial charge in [0.2, 0.25) is 0 Å². The largest absolute Gasteiger partial charge is 0.325 e. The predicted octanol–water partition coefficient (Wildman–Crippen LogP) is 2.91. The number of hydrogen-bond donors (Lipinski definition) is 1. The summed E-state index contributed by atoms with van der Waals surface area (Å²) in [6.07, 6.45) is 0.713. The molecule has 0 bridgehead atoms. The minimum absolute atomic E-state index is 0.0703. The van der Waals surface area contributed by atoms with Crippen molar-refractivity contribution in [3.8, 4) is 0 Å². The molecule has 1 N–H and O–H groups in total. The van der Waals surface area contributed by atoms with Crippen molar-refractivity contribution in [2.24, 2.45) is 0 Å². The standard InChI is InChI=1S/C18H18N2O2/c1-13(12-14-8-4-2-5-9-14)20-16(17(21)19-18(20)22)15-10-6-3-7-11-15/h2-11,13,16H,12H2,1H3,(H,19,21,22)/t13-,16-/m0/s1. The molecule has 4 heteroatoms. The zero-order valence-electron chi connectivity index (χ0n) is 12.4. The number of nitrogens with one attached hydrogen (secondary N) is 1. The molecule has 3 rings (SSSR count). The van der Waals surface area contributed by atoms with E-state index in [2.05, 4.69) is 5.32 Å². The average Bonchev–Trinajstić information content (AvgIpc) is 2.83. The third-order valence-corrected chi connectivity index (χ3v) is 3.96. The zero-order chi connectivity index (χ0) is 15.5. The Morgan fingerprint density at radius 1 is 1.00 bits per heavy atom. The van der Waals surface area contributed by atoms with E-state index in [-0.39, 0.29) is 18.0 Å². The Labute approximate surface area is 129 Å². The molecule has 0 spiro atoms. The molecule has 0 radical (unpaired) electrons. The Balaban J connectivity index is 1.86. The fourth-order valence-electron chi connectivity index (χ4n) is 2.94. The second kappa shape index (κ2) is 6.02. The minimum atomic E-state index is -0.549. The Morgan fingerprint density at radius 3 is 2.23 bits per heavy atom. The number of benzene rings is 2. The number of nitrogens with zero attached hydrogens (tertiary/aromatic N) is 1. The van der Waals surface area contributed by atoms with Crippen LogP contribution in [-0.2, 0) is 11.2 Å². The third-order valence-electron chi connectivity index (χ3n) is 3.96. The summed E-state index contributed by atoms with van der Waals surface area (Å²) in [6.45, 7) is 1.97. The van der Waals surface area contributed by atoms with Crippen molar-refractivity contribution in [1.29, 1.82) is 0 Å². The van der Waals surface area contributed by atoms with Gasteiger partial charge in [-0.05, 0) is 24.5 Å². The highest BCUT2D eigenvalue weighted by molar-refractivity contribution is 6.04. The van der Waals surface area contributed by atoms with E-state index < -0.39 is 6.04 Å². The molecule has 1 heterocycles. The fraction of sp³-hybridized carbons (Fsp3) is 0.222. The fourth-order valence-corrected chi connectivity index (χ4v) is 2.94. The summed E-state index contributed by atoms with van der Waals surface area (Å²) in [5.74, 6) is -0.254. The molecule has 0 aliphatic carbocycles. The van der Waals surface area contributed by atoms with Crippen LogP contribution in [0, 0.1) is 0 Å². The summed E-state index contributed by atoms with van der Waals surface area (Å²) in [7, 11) is 0. The van der Waals surface area contributed by atoms with Crippen LogP contribution in [0.4, 0.5) is 4.79 Å². The van der Waals surface area contributed by atoms with E-state index in [0.29, 0.717) is 6.42 Å². The average molecular weight is 294 g/mol.